The van der Waals surface area contributed by atoms with Crippen LogP contribution in [0, 0.1) is 0 Å². The van der Waals surface area contributed by atoms with Crippen LogP contribution in [0.2, 0.25) is 20.1 Å². The Kier molecular flexibility index (Phi) is 13.1. The fourth-order valence-electron chi connectivity index (χ4n) is 5.71. The van der Waals surface area contributed by atoms with Crippen LogP contribution >= 0.6 is 46.4 Å². The van der Waals surface area contributed by atoms with Crippen LogP contribution in [0.1, 0.15) is 72.6 Å². The summed E-state index contributed by atoms with van der Waals surface area (Å²) in [5.74, 6) is -4.16. The number of amides is 4. The van der Waals surface area contributed by atoms with Gasteiger partial charge < -0.3 is 9.68 Å². The van der Waals surface area contributed by atoms with Gasteiger partial charge in [-0.2, -0.15) is 0 Å². The molecule has 2 atom stereocenters. The largest absolute Gasteiger partial charge is 0.334 e. The van der Waals surface area contributed by atoms with Crippen molar-refractivity contribution in [3.05, 3.63) is 139 Å². The Morgan fingerprint density at radius 3 is 1.06 bits per heavy atom. The SMILES string of the molecule is O=C(C[C@@H](c1ccccc1)c1cc(Cl)cc(Cl)c1)ON1C(=O)CCC1=O.O=C(C[C@H](c1ccccc1)c1cc(Cl)cc(Cl)c1)ON1C(=O)CCC1=O. The van der Waals surface area contributed by atoms with E-state index in [9.17, 15) is 28.8 Å². The van der Waals surface area contributed by atoms with E-state index in [1.807, 2.05) is 60.7 Å². The Morgan fingerprint density at radius 1 is 0.481 bits per heavy atom. The third-order valence-electron chi connectivity index (χ3n) is 8.12. The molecule has 0 radical (unpaired) electrons. The fraction of sp³-hybridized carbons (Fsp3) is 0.211. The van der Waals surface area contributed by atoms with Gasteiger partial charge in [-0.15, -0.1) is 10.1 Å². The quantitative estimate of drug-likeness (QED) is 0.147. The maximum atomic E-state index is 12.4. The van der Waals surface area contributed by atoms with E-state index in [1.165, 1.54) is 0 Å². The van der Waals surface area contributed by atoms with Crippen molar-refractivity contribution < 1.29 is 38.4 Å². The van der Waals surface area contributed by atoms with Crippen LogP contribution < -0.4 is 0 Å². The monoisotopic (exact) mass is 782 g/mol. The van der Waals surface area contributed by atoms with Gasteiger partial charge in [-0.25, -0.2) is 9.59 Å². The lowest BCUT2D eigenvalue weighted by Gasteiger charge is -2.19. The molecule has 268 valence electrons. The van der Waals surface area contributed by atoms with Crippen LogP contribution in [0.25, 0.3) is 0 Å². The van der Waals surface area contributed by atoms with Crippen molar-refractivity contribution in [2.75, 3.05) is 0 Å². The van der Waals surface area contributed by atoms with Crippen molar-refractivity contribution in [3.8, 4) is 0 Å². The van der Waals surface area contributed by atoms with Gasteiger partial charge in [-0.1, -0.05) is 107 Å². The van der Waals surface area contributed by atoms with Gasteiger partial charge in [0.15, 0.2) is 0 Å². The first-order valence-electron chi connectivity index (χ1n) is 16.0. The molecule has 0 N–H and O–H groups in total. The van der Waals surface area contributed by atoms with Gasteiger partial charge in [0.1, 0.15) is 0 Å². The molecule has 0 unspecified atom stereocenters. The van der Waals surface area contributed by atoms with E-state index in [0.717, 1.165) is 22.3 Å². The average Bonchev–Trinajstić information content (AvgIpc) is 3.60. The van der Waals surface area contributed by atoms with E-state index < -0.39 is 35.6 Å². The number of benzene rings is 4. The van der Waals surface area contributed by atoms with Crippen LogP contribution in [0.4, 0.5) is 0 Å². The number of hydrogen-bond acceptors (Lipinski definition) is 8. The fourth-order valence-corrected chi connectivity index (χ4v) is 6.79. The highest BCUT2D eigenvalue weighted by atomic mass is 35.5. The van der Waals surface area contributed by atoms with E-state index in [0.29, 0.717) is 30.2 Å². The van der Waals surface area contributed by atoms with Crippen LogP contribution in [-0.2, 0) is 38.4 Å². The van der Waals surface area contributed by atoms with Crippen molar-refractivity contribution in [2.24, 2.45) is 0 Å². The van der Waals surface area contributed by atoms with E-state index in [1.54, 1.807) is 36.4 Å². The molecule has 4 aromatic rings. The second-order valence-corrected chi connectivity index (χ2v) is 13.6. The number of nitrogens with zero attached hydrogens (tertiary/aromatic N) is 2. The minimum Gasteiger partial charge on any atom is -0.330 e. The Hall–Kier alpha value is -4.74. The van der Waals surface area contributed by atoms with Gasteiger partial charge in [0.05, 0.1) is 12.8 Å². The first-order valence-corrected chi connectivity index (χ1v) is 17.5. The highest BCUT2D eigenvalue weighted by molar-refractivity contribution is 6.35. The summed E-state index contributed by atoms with van der Waals surface area (Å²) in [7, 11) is 0. The topological polar surface area (TPSA) is 127 Å². The van der Waals surface area contributed by atoms with Gasteiger partial charge in [0.2, 0.25) is 0 Å². The minimum absolute atomic E-state index is 0.0537. The van der Waals surface area contributed by atoms with E-state index in [2.05, 4.69) is 0 Å². The normalized spacial score (nSPS) is 15.2. The van der Waals surface area contributed by atoms with Gasteiger partial charge >= 0.3 is 11.9 Å². The highest BCUT2D eigenvalue weighted by Gasteiger charge is 2.35. The van der Waals surface area contributed by atoms with Gasteiger partial charge in [0.25, 0.3) is 23.6 Å². The lowest BCUT2D eigenvalue weighted by atomic mass is 9.88. The third kappa shape index (κ3) is 10.2. The zero-order valence-corrected chi connectivity index (χ0v) is 30.3. The summed E-state index contributed by atoms with van der Waals surface area (Å²) in [5.41, 5.74) is 3.21. The van der Waals surface area contributed by atoms with E-state index >= 15 is 0 Å². The zero-order chi connectivity index (χ0) is 37.4. The Morgan fingerprint density at radius 2 is 0.769 bits per heavy atom. The third-order valence-corrected chi connectivity index (χ3v) is 8.99. The predicted octanol–water partition coefficient (Wildman–Crippen LogP) is 8.25. The van der Waals surface area contributed by atoms with Crippen molar-refractivity contribution in [3.63, 3.8) is 0 Å². The molecule has 0 bridgehead atoms. The van der Waals surface area contributed by atoms with Crippen LogP contribution in [-0.4, -0.2) is 45.7 Å². The molecule has 2 aliphatic heterocycles. The molecule has 6 rings (SSSR count). The summed E-state index contributed by atoms with van der Waals surface area (Å²) in [5, 5.41) is 2.90. The molecule has 0 saturated carbocycles. The van der Waals surface area contributed by atoms with Crippen molar-refractivity contribution in [2.45, 2.75) is 50.4 Å². The number of imide groups is 2. The first kappa shape index (κ1) is 38.5. The highest BCUT2D eigenvalue weighted by Crippen LogP contribution is 2.34. The van der Waals surface area contributed by atoms with Crippen molar-refractivity contribution in [1.82, 2.24) is 10.1 Å². The lowest BCUT2D eigenvalue weighted by molar-refractivity contribution is -0.197. The molecule has 2 fully saturated rings. The molecule has 0 aliphatic carbocycles. The molecule has 0 aromatic heterocycles. The van der Waals surface area contributed by atoms with Gasteiger partial charge in [-0.05, 0) is 58.7 Å². The standard InChI is InChI=1S/2C19H15Cl2NO4/c2*20-14-8-13(9-15(21)10-14)16(12-4-2-1-3-5-12)11-19(25)26-22-17(23)6-7-18(22)24/h2*1-5,8-10,16H,6-7,11H2/t2*16-/m10/s1. The van der Waals surface area contributed by atoms with Crippen LogP contribution in [0.5, 0.6) is 0 Å². The number of hydrogen-bond donors (Lipinski definition) is 0. The molecule has 2 heterocycles. The second-order valence-electron chi connectivity index (χ2n) is 11.8. The number of hydroxylamine groups is 4. The molecular formula is C38H30Cl4N2O8. The van der Waals surface area contributed by atoms with Gasteiger partial charge in [-0.3, -0.25) is 19.2 Å². The average molecular weight is 784 g/mol. The molecule has 0 spiro atoms. The van der Waals surface area contributed by atoms with Crippen molar-refractivity contribution in [1.29, 1.82) is 0 Å². The second kappa shape index (κ2) is 17.7. The van der Waals surface area contributed by atoms with Crippen LogP contribution in [0.15, 0.2) is 97.1 Å². The lowest BCUT2D eigenvalue weighted by Crippen LogP contribution is -2.32. The maximum Gasteiger partial charge on any atom is 0.334 e. The summed E-state index contributed by atoms with van der Waals surface area (Å²) in [4.78, 5) is 81.3. The molecule has 4 aromatic carbocycles. The summed E-state index contributed by atoms with van der Waals surface area (Å²) < 4.78 is 0. The Balaban J connectivity index is 0.000000201. The minimum atomic E-state index is -0.682. The molecule has 2 saturated heterocycles. The molecule has 14 heteroatoms. The number of rotatable bonds is 10. The van der Waals surface area contributed by atoms with E-state index in [-0.39, 0.29) is 50.4 Å². The molecular weight excluding hydrogens is 754 g/mol. The van der Waals surface area contributed by atoms with Crippen LogP contribution in [0.3, 0.4) is 0 Å². The first-order chi connectivity index (χ1) is 24.9. The Bertz CT molecular complexity index is 1780. The molecule has 4 amide bonds. The maximum absolute atomic E-state index is 12.4. The van der Waals surface area contributed by atoms with Gasteiger partial charge in [0, 0.05) is 57.6 Å². The smallest absolute Gasteiger partial charge is 0.330 e. The summed E-state index contributed by atoms with van der Waals surface area (Å²) in [6.07, 6.45) is 0.0714. The molecule has 10 nitrogen and oxygen atoms in total. The predicted molar refractivity (Wildman–Crippen MR) is 193 cm³/mol. The summed E-state index contributed by atoms with van der Waals surface area (Å²) in [6.45, 7) is 0. The zero-order valence-electron chi connectivity index (χ0n) is 27.3. The summed E-state index contributed by atoms with van der Waals surface area (Å²) in [6, 6.07) is 28.8. The Labute approximate surface area is 319 Å². The molecule has 2 aliphatic rings. The van der Waals surface area contributed by atoms with E-state index in [4.69, 9.17) is 56.1 Å². The molecule has 52 heavy (non-hydrogen) atoms. The summed E-state index contributed by atoms with van der Waals surface area (Å²) >= 11 is 24.4. The number of carbonyl (C=O) groups excluding carboxylic acids is 6. The van der Waals surface area contributed by atoms with Crippen molar-refractivity contribution >= 4 is 82.0 Å². The number of halogens is 4. The number of carbonyl (C=O) groups is 6.